The third-order valence-corrected chi connectivity index (χ3v) is 5.76. The van der Waals surface area contributed by atoms with Gasteiger partial charge in [-0.25, -0.2) is 0 Å². The van der Waals surface area contributed by atoms with E-state index in [2.05, 4.69) is 20.2 Å². The molecule has 0 spiro atoms. The third kappa shape index (κ3) is 3.98. The molecule has 2 aliphatic heterocycles. The fraction of sp³-hybridized carbons (Fsp3) is 0.778. The summed E-state index contributed by atoms with van der Waals surface area (Å²) in [7, 11) is 0. The van der Waals surface area contributed by atoms with Crippen molar-refractivity contribution in [2.75, 3.05) is 26.2 Å². The van der Waals surface area contributed by atoms with Crippen molar-refractivity contribution in [2.45, 2.75) is 63.2 Å². The van der Waals surface area contributed by atoms with Crippen LogP contribution in [0.25, 0.3) is 0 Å². The molecule has 24 heavy (non-hydrogen) atoms. The van der Waals surface area contributed by atoms with Crippen LogP contribution >= 0.6 is 0 Å². The molecule has 1 aromatic heterocycles. The summed E-state index contributed by atoms with van der Waals surface area (Å²) < 4.78 is 1.98. The first kappa shape index (κ1) is 16.1. The van der Waals surface area contributed by atoms with Crippen molar-refractivity contribution in [1.82, 2.24) is 24.9 Å². The molecule has 1 aliphatic carbocycles. The fourth-order valence-corrected chi connectivity index (χ4v) is 4.24. The van der Waals surface area contributed by atoms with E-state index in [-0.39, 0.29) is 5.91 Å². The Hall–Kier alpha value is -1.40. The Morgan fingerprint density at radius 3 is 2.67 bits per heavy atom. The standard InChI is InChI=1S/C18H29N5O/c24-18(20-15-6-11-21(12-7-15)16-4-5-16)14-22-9-1-3-17(22)13-23-10-2-8-19-23/h2,8,10,15-17H,1,3-7,9,11-14H2,(H,20,24)/t17-/m1/s1. The van der Waals surface area contributed by atoms with Crippen LogP contribution in [-0.4, -0.2) is 69.8 Å². The zero-order valence-corrected chi connectivity index (χ0v) is 14.4. The number of rotatable bonds is 6. The summed E-state index contributed by atoms with van der Waals surface area (Å²) in [4.78, 5) is 17.4. The monoisotopic (exact) mass is 331 g/mol. The lowest BCUT2D eigenvalue weighted by Crippen LogP contribution is -2.48. The van der Waals surface area contributed by atoms with Gasteiger partial charge < -0.3 is 10.2 Å². The van der Waals surface area contributed by atoms with Crippen molar-refractivity contribution in [2.24, 2.45) is 0 Å². The van der Waals surface area contributed by atoms with Crippen LogP contribution in [0.3, 0.4) is 0 Å². The first-order valence-corrected chi connectivity index (χ1v) is 9.53. The molecule has 0 radical (unpaired) electrons. The van der Waals surface area contributed by atoms with Crippen molar-refractivity contribution in [3.8, 4) is 0 Å². The second-order valence-electron chi connectivity index (χ2n) is 7.60. The molecule has 132 valence electrons. The van der Waals surface area contributed by atoms with Gasteiger partial charge in [-0.2, -0.15) is 5.10 Å². The molecule has 1 saturated carbocycles. The van der Waals surface area contributed by atoms with Crippen LogP contribution in [0, 0.1) is 0 Å². The summed E-state index contributed by atoms with van der Waals surface area (Å²) in [5, 5.41) is 7.57. The molecule has 3 heterocycles. The molecule has 3 fully saturated rings. The molecule has 3 aliphatic rings. The molecule has 2 saturated heterocycles. The Kier molecular flexibility index (Phi) is 4.85. The summed E-state index contributed by atoms with van der Waals surface area (Å²) in [6.07, 6.45) is 11.1. The molecule has 6 heteroatoms. The molecule has 1 amide bonds. The first-order valence-electron chi connectivity index (χ1n) is 9.53. The van der Waals surface area contributed by atoms with Crippen LogP contribution in [0.5, 0.6) is 0 Å². The van der Waals surface area contributed by atoms with Gasteiger partial charge >= 0.3 is 0 Å². The number of aromatic nitrogens is 2. The molecule has 6 nitrogen and oxygen atoms in total. The molecule has 4 rings (SSSR count). The Bertz CT molecular complexity index is 534. The quantitative estimate of drug-likeness (QED) is 0.848. The highest BCUT2D eigenvalue weighted by molar-refractivity contribution is 5.78. The lowest BCUT2D eigenvalue weighted by atomic mass is 10.0. The first-order chi connectivity index (χ1) is 11.8. The van der Waals surface area contributed by atoms with E-state index in [1.807, 2.05) is 23.1 Å². The van der Waals surface area contributed by atoms with Gasteiger partial charge in [-0.15, -0.1) is 0 Å². The number of piperidine rings is 1. The maximum atomic E-state index is 12.5. The summed E-state index contributed by atoms with van der Waals surface area (Å²) in [6, 6.07) is 3.63. The van der Waals surface area contributed by atoms with E-state index in [1.165, 1.54) is 19.3 Å². The molecular weight excluding hydrogens is 302 g/mol. The summed E-state index contributed by atoms with van der Waals surface area (Å²) in [5.74, 6) is 0.201. The Balaban J connectivity index is 1.22. The van der Waals surface area contributed by atoms with Gasteiger partial charge in [-0.3, -0.25) is 14.4 Å². The largest absolute Gasteiger partial charge is 0.352 e. The maximum absolute atomic E-state index is 12.5. The number of hydrogen-bond acceptors (Lipinski definition) is 4. The molecule has 1 aromatic rings. The van der Waals surface area contributed by atoms with E-state index in [9.17, 15) is 4.79 Å². The molecule has 0 bridgehead atoms. The number of hydrogen-bond donors (Lipinski definition) is 1. The van der Waals surface area contributed by atoms with Gasteiger partial charge in [-0.05, 0) is 51.1 Å². The molecule has 1 atom stereocenters. The van der Waals surface area contributed by atoms with Gasteiger partial charge in [0.15, 0.2) is 0 Å². The smallest absolute Gasteiger partial charge is 0.234 e. The van der Waals surface area contributed by atoms with Crippen LogP contribution in [0.15, 0.2) is 18.5 Å². The van der Waals surface area contributed by atoms with Crippen molar-refractivity contribution >= 4 is 5.91 Å². The molecule has 1 N–H and O–H groups in total. The Labute approximate surface area is 144 Å². The van der Waals surface area contributed by atoms with Crippen molar-refractivity contribution in [3.05, 3.63) is 18.5 Å². The van der Waals surface area contributed by atoms with Gasteiger partial charge in [0, 0.05) is 43.6 Å². The Morgan fingerprint density at radius 2 is 1.96 bits per heavy atom. The molecule has 0 aromatic carbocycles. The van der Waals surface area contributed by atoms with Crippen LogP contribution < -0.4 is 5.32 Å². The average Bonchev–Trinajstić information content (AvgIpc) is 3.14. The highest BCUT2D eigenvalue weighted by Gasteiger charge is 2.32. The summed E-state index contributed by atoms with van der Waals surface area (Å²) in [6.45, 7) is 4.76. The zero-order chi connectivity index (χ0) is 16.4. The number of amides is 1. The molecular formula is C18H29N5O. The van der Waals surface area contributed by atoms with Crippen molar-refractivity contribution < 1.29 is 4.79 Å². The fourth-order valence-electron chi connectivity index (χ4n) is 4.24. The normalized spacial score (nSPS) is 26.8. The van der Waals surface area contributed by atoms with Gasteiger partial charge in [0.2, 0.25) is 5.91 Å². The minimum absolute atomic E-state index is 0.201. The van der Waals surface area contributed by atoms with Gasteiger partial charge in [0.25, 0.3) is 0 Å². The predicted octanol–water partition coefficient (Wildman–Crippen LogP) is 1.09. The molecule has 0 unspecified atom stereocenters. The van der Waals surface area contributed by atoms with Crippen molar-refractivity contribution in [1.29, 1.82) is 0 Å². The minimum atomic E-state index is 0.201. The van der Waals surface area contributed by atoms with Gasteiger partial charge in [0.1, 0.15) is 0 Å². The van der Waals surface area contributed by atoms with E-state index in [0.29, 0.717) is 18.6 Å². The number of nitrogens with zero attached hydrogens (tertiary/aromatic N) is 4. The second kappa shape index (κ2) is 7.23. The number of carbonyl (C=O) groups is 1. The lowest BCUT2D eigenvalue weighted by molar-refractivity contribution is -0.123. The van der Waals surface area contributed by atoms with E-state index in [1.54, 1.807) is 0 Å². The topological polar surface area (TPSA) is 53.4 Å². The third-order valence-electron chi connectivity index (χ3n) is 5.76. The predicted molar refractivity (Wildman–Crippen MR) is 92.6 cm³/mol. The van der Waals surface area contributed by atoms with Crippen molar-refractivity contribution in [3.63, 3.8) is 0 Å². The van der Waals surface area contributed by atoms with E-state index in [0.717, 1.165) is 51.5 Å². The van der Waals surface area contributed by atoms with Crippen LogP contribution in [-0.2, 0) is 11.3 Å². The SMILES string of the molecule is O=C(CN1CCC[C@@H]1Cn1cccn1)NC1CCN(C2CC2)CC1. The highest BCUT2D eigenvalue weighted by atomic mass is 16.2. The lowest BCUT2D eigenvalue weighted by Gasteiger charge is -2.33. The average molecular weight is 331 g/mol. The highest BCUT2D eigenvalue weighted by Crippen LogP contribution is 2.29. The minimum Gasteiger partial charge on any atom is -0.352 e. The zero-order valence-electron chi connectivity index (χ0n) is 14.4. The van der Waals surface area contributed by atoms with Gasteiger partial charge in [-0.1, -0.05) is 0 Å². The van der Waals surface area contributed by atoms with E-state index in [4.69, 9.17) is 0 Å². The maximum Gasteiger partial charge on any atom is 0.234 e. The number of carbonyl (C=O) groups excluding carboxylic acids is 1. The van der Waals surface area contributed by atoms with Crippen LogP contribution in [0.1, 0.15) is 38.5 Å². The van der Waals surface area contributed by atoms with Crippen LogP contribution in [0.2, 0.25) is 0 Å². The van der Waals surface area contributed by atoms with Crippen LogP contribution in [0.4, 0.5) is 0 Å². The summed E-state index contributed by atoms with van der Waals surface area (Å²) >= 11 is 0. The van der Waals surface area contributed by atoms with E-state index >= 15 is 0 Å². The number of nitrogens with one attached hydrogen (secondary N) is 1. The van der Waals surface area contributed by atoms with E-state index < -0.39 is 0 Å². The van der Waals surface area contributed by atoms with Gasteiger partial charge in [0.05, 0.1) is 13.1 Å². The second-order valence-corrected chi connectivity index (χ2v) is 7.60. The Morgan fingerprint density at radius 1 is 1.12 bits per heavy atom. The summed E-state index contributed by atoms with van der Waals surface area (Å²) in [5.41, 5.74) is 0. The number of likely N-dealkylation sites (tertiary alicyclic amines) is 2.